The Kier molecular flexibility index (Phi) is 5.71. The smallest absolute Gasteiger partial charge is 0.265 e. The summed E-state index contributed by atoms with van der Waals surface area (Å²) in [7, 11) is 0. The van der Waals surface area contributed by atoms with Crippen molar-refractivity contribution in [2.45, 2.75) is 39.7 Å². The molecule has 1 saturated heterocycles. The summed E-state index contributed by atoms with van der Waals surface area (Å²) in [6.07, 6.45) is 0.817. The fourth-order valence-corrected chi connectivity index (χ4v) is 3.23. The first-order valence-electron chi connectivity index (χ1n) is 9.00. The molecule has 0 spiro atoms. The van der Waals surface area contributed by atoms with E-state index in [9.17, 15) is 9.59 Å². The number of anilines is 2. The van der Waals surface area contributed by atoms with E-state index in [0.717, 1.165) is 29.8 Å². The molecule has 0 saturated carbocycles. The van der Waals surface area contributed by atoms with E-state index < -0.39 is 6.10 Å². The fraction of sp³-hybridized carbons (Fsp3) is 0.333. The van der Waals surface area contributed by atoms with Crippen molar-refractivity contribution in [3.63, 3.8) is 0 Å². The number of carbonyl (C=O) groups excluding carboxylic acids is 2. The van der Waals surface area contributed by atoms with Crippen LogP contribution in [0.15, 0.2) is 36.4 Å². The molecule has 6 heteroatoms. The summed E-state index contributed by atoms with van der Waals surface area (Å²) in [5.41, 5.74) is 3.33. The van der Waals surface area contributed by atoms with Gasteiger partial charge in [-0.05, 0) is 74.7 Å². The number of carbonyl (C=O) groups is 2. The molecule has 1 heterocycles. The first-order valence-corrected chi connectivity index (χ1v) is 9.37. The van der Waals surface area contributed by atoms with E-state index in [1.54, 1.807) is 24.0 Å². The Labute approximate surface area is 164 Å². The van der Waals surface area contributed by atoms with Crippen molar-refractivity contribution in [2.24, 2.45) is 0 Å². The van der Waals surface area contributed by atoms with Crippen molar-refractivity contribution in [3.05, 3.63) is 52.5 Å². The van der Waals surface area contributed by atoms with Crippen LogP contribution in [0.5, 0.6) is 5.75 Å². The molecule has 0 aromatic heterocycles. The Balaban J connectivity index is 1.62. The van der Waals surface area contributed by atoms with Crippen molar-refractivity contribution in [1.29, 1.82) is 0 Å². The molecule has 3 rings (SSSR count). The first-order chi connectivity index (χ1) is 12.8. The van der Waals surface area contributed by atoms with Gasteiger partial charge < -0.3 is 15.0 Å². The van der Waals surface area contributed by atoms with Gasteiger partial charge in [-0.3, -0.25) is 9.59 Å². The van der Waals surface area contributed by atoms with Gasteiger partial charge in [0.25, 0.3) is 5.91 Å². The topological polar surface area (TPSA) is 58.6 Å². The molecule has 27 heavy (non-hydrogen) atoms. The molecule has 1 fully saturated rings. The van der Waals surface area contributed by atoms with Crippen LogP contribution in [0.2, 0.25) is 5.02 Å². The van der Waals surface area contributed by atoms with E-state index in [1.807, 2.05) is 38.1 Å². The molecule has 1 N–H and O–H groups in total. The minimum Gasteiger partial charge on any atom is -0.481 e. The van der Waals surface area contributed by atoms with Crippen LogP contribution in [0, 0.1) is 13.8 Å². The number of halogens is 1. The van der Waals surface area contributed by atoms with Gasteiger partial charge in [0.15, 0.2) is 6.10 Å². The molecule has 2 aromatic carbocycles. The van der Waals surface area contributed by atoms with Gasteiger partial charge in [0.2, 0.25) is 5.91 Å². The van der Waals surface area contributed by atoms with Gasteiger partial charge in [-0.1, -0.05) is 11.6 Å². The summed E-state index contributed by atoms with van der Waals surface area (Å²) < 4.78 is 5.76. The molecule has 2 aromatic rings. The lowest BCUT2D eigenvalue weighted by atomic mass is 10.1. The van der Waals surface area contributed by atoms with E-state index in [1.165, 1.54) is 0 Å². The minimum atomic E-state index is -0.662. The maximum Gasteiger partial charge on any atom is 0.265 e. The van der Waals surface area contributed by atoms with Crippen molar-refractivity contribution >= 4 is 34.8 Å². The highest BCUT2D eigenvalue weighted by atomic mass is 35.5. The Morgan fingerprint density at radius 1 is 1.19 bits per heavy atom. The monoisotopic (exact) mass is 386 g/mol. The Hall–Kier alpha value is -2.53. The number of benzene rings is 2. The maximum atomic E-state index is 12.4. The zero-order valence-electron chi connectivity index (χ0n) is 15.7. The molecule has 0 aliphatic carbocycles. The van der Waals surface area contributed by atoms with Crippen molar-refractivity contribution in [2.75, 3.05) is 16.8 Å². The zero-order valence-corrected chi connectivity index (χ0v) is 16.5. The SMILES string of the molecule is Cc1cc(O[C@@H](C)C(=O)Nc2ccc(N3CCCC3=O)cc2)cc(C)c1Cl. The van der Waals surface area contributed by atoms with Crippen molar-refractivity contribution < 1.29 is 14.3 Å². The number of hydrogen-bond donors (Lipinski definition) is 1. The average molecular weight is 387 g/mol. The highest BCUT2D eigenvalue weighted by molar-refractivity contribution is 6.32. The number of amides is 2. The number of nitrogens with zero attached hydrogens (tertiary/aromatic N) is 1. The third kappa shape index (κ3) is 4.42. The van der Waals surface area contributed by atoms with Crippen LogP contribution in [0.3, 0.4) is 0 Å². The molecule has 0 radical (unpaired) electrons. The standard InChI is InChI=1S/C21H23ClN2O3/c1-13-11-18(12-14(2)20(13)22)27-15(3)21(26)23-16-6-8-17(9-7-16)24-10-4-5-19(24)25/h6-9,11-12,15H,4-5,10H2,1-3H3,(H,23,26)/t15-/m0/s1. The van der Waals surface area contributed by atoms with Crippen LogP contribution >= 0.6 is 11.6 Å². The highest BCUT2D eigenvalue weighted by Gasteiger charge is 2.21. The van der Waals surface area contributed by atoms with Crippen LogP contribution in [0.4, 0.5) is 11.4 Å². The quantitative estimate of drug-likeness (QED) is 0.823. The third-order valence-corrected chi connectivity index (χ3v) is 5.21. The summed E-state index contributed by atoms with van der Waals surface area (Å²) in [6, 6.07) is 10.9. The summed E-state index contributed by atoms with van der Waals surface area (Å²) in [6.45, 7) is 6.25. The number of aryl methyl sites for hydroxylation is 2. The van der Waals surface area contributed by atoms with E-state index in [0.29, 0.717) is 22.9 Å². The molecular weight excluding hydrogens is 364 g/mol. The van der Waals surface area contributed by atoms with Crippen LogP contribution < -0.4 is 15.0 Å². The molecule has 1 aliphatic rings. The second kappa shape index (κ2) is 8.01. The molecule has 2 amide bonds. The van der Waals surface area contributed by atoms with Crippen LogP contribution in [-0.2, 0) is 9.59 Å². The molecule has 0 unspecified atom stereocenters. The van der Waals surface area contributed by atoms with Gasteiger partial charge in [-0.15, -0.1) is 0 Å². The highest BCUT2D eigenvalue weighted by Crippen LogP contribution is 2.27. The molecule has 0 bridgehead atoms. The Morgan fingerprint density at radius 3 is 2.37 bits per heavy atom. The Morgan fingerprint density at radius 2 is 1.81 bits per heavy atom. The predicted octanol–water partition coefficient (Wildman–Crippen LogP) is 4.49. The number of hydrogen-bond acceptors (Lipinski definition) is 3. The summed E-state index contributed by atoms with van der Waals surface area (Å²) in [4.78, 5) is 26.0. The van der Waals surface area contributed by atoms with E-state index in [-0.39, 0.29) is 11.8 Å². The lowest BCUT2D eigenvalue weighted by Crippen LogP contribution is -2.30. The molecule has 1 aliphatic heterocycles. The van der Waals surface area contributed by atoms with Gasteiger partial charge in [0.1, 0.15) is 5.75 Å². The second-order valence-electron chi connectivity index (χ2n) is 6.82. The number of ether oxygens (including phenoxy) is 1. The van der Waals surface area contributed by atoms with E-state index in [4.69, 9.17) is 16.3 Å². The lowest BCUT2D eigenvalue weighted by Gasteiger charge is -2.18. The summed E-state index contributed by atoms with van der Waals surface area (Å²) in [5.74, 6) is 0.507. The molecule has 142 valence electrons. The van der Waals surface area contributed by atoms with Gasteiger partial charge in [0.05, 0.1) is 0 Å². The van der Waals surface area contributed by atoms with Crippen molar-refractivity contribution in [3.8, 4) is 5.75 Å². The minimum absolute atomic E-state index is 0.141. The second-order valence-corrected chi connectivity index (χ2v) is 7.19. The van der Waals surface area contributed by atoms with Crippen LogP contribution in [0.25, 0.3) is 0 Å². The largest absolute Gasteiger partial charge is 0.481 e. The molecule has 5 nitrogen and oxygen atoms in total. The fourth-order valence-electron chi connectivity index (χ4n) is 3.12. The molecule has 1 atom stereocenters. The number of rotatable bonds is 5. The normalized spacial score (nSPS) is 15.0. The maximum absolute atomic E-state index is 12.4. The van der Waals surface area contributed by atoms with Gasteiger partial charge in [-0.25, -0.2) is 0 Å². The number of nitrogens with one attached hydrogen (secondary N) is 1. The summed E-state index contributed by atoms with van der Waals surface area (Å²) >= 11 is 6.17. The molecular formula is C21H23ClN2O3. The van der Waals surface area contributed by atoms with Crippen LogP contribution in [0.1, 0.15) is 30.9 Å². The Bertz CT molecular complexity index is 841. The van der Waals surface area contributed by atoms with Crippen molar-refractivity contribution in [1.82, 2.24) is 0 Å². The lowest BCUT2D eigenvalue weighted by molar-refractivity contribution is -0.122. The predicted molar refractivity (Wildman–Crippen MR) is 108 cm³/mol. The van der Waals surface area contributed by atoms with E-state index >= 15 is 0 Å². The van der Waals surface area contributed by atoms with Gasteiger partial charge in [0, 0.05) is 29.4 Å². The zero-order chi connectivity index (χ0) is 19.6. The van der Waals surface area contributed by atoms with E-state index in [2.05, 4.69) is 5.32 Å². The van der Waals surface area contributed by atoms with Crippen LogP contribution in [-0.4, -0.2) is 24.5 Å². The summed E-state index contributed by atoms with van der Waals surface area (Å²) in [5, 5.41) is 3.54. The first kappa shape index (κ1) is 19.2. The van der Waals surface area contributed by atoms with Gasteiger partial charge in [-0.2, -0.15) is 0 Å². The van der Waals surface area contributed by atoms with Gasteiger partial charge >= 0.3 is 0 Å². The average Bonchev–Trinajstić information content (AvgIpc) is 3.06. The third-order valence-electron chi connectivity index (χ3n) is 4.61.